The van der Waals surface area contributed by atoms with E-state index in [2.05, 4.69) is 36.1 Å². The number of hydrogen-bond donors (Lipinski definition) is 1. The highest BCUT2D eigenvalue weighted by Crippen LogP contribution is 2.36. The maximum Gasteiger partial charge on any atom is 0.229 e. The predicted octanol–water partition coefficient (Wildman–Crippen LogP) is 4.96. The first-order chi connectivity index (χ1) is 14.5. The lowest BCUT2D eigenvalue weighted by Crippen LogP contribution is -2.23. The van der Waals surface area contributed by atoms with Crippen LogP contribution in [0, 0.1) is 0 Å². The van der Waals surface area contributed by atoms with Crippen LogP contribution >= 0.6 is 11.6 Å². The molecule has 7 nitrogen and oxygen atoms in total. The molecule has 0 saturated carbocycles. The van der Waals surface area contributed by atoms with Crippen molar-refractivity contribution in [3.05, 3.63) is 47.1 Å². The van der Waals surface area contributed by atoms with Crippen molar-refractivity contribution in [1.82, 2.24) is 19.5 Å². The van der Waals surface area contributed by atoms with Crippen LogP contribution in [0.5, 0.6) is 5.75 Å². The molecule has 0 bridgehead atoms. The summed E-state index contributed by atoms with van der Waals surface area (Å²) in [6.07, 6.45) is 6.79. The molecule has 4 rings (SSSR count). The van der Waals surface area contributed by atoms with Gasteiger partial charge in [-0.15, -0.1) is 0 Å². The Bertz CT molecular complexity index is 1050. The van der Waals surface area contributed by atoms with Crippen molar-refractivity contribution in [2.75, 3.05) is 30.9 Å². The summed E-state index contributed by atoms with van der Waals surface area (Å²) in [5.74, 6) is 2.77. The van der Waals surface area contributed by atoms with E-state index in [-0.39, 0.29) is 0 Å². The Morgan fingerprint density at radius 2 is 2.17 bits per heavy atom. The van der Waals surface area contributed by atoms with Gasteiger partial charge in [0.1, 0.15) is 23.0 Å². The van der Waals surface area contributed by atoms with E-state index in [1.165, 1.54) is 12.0 Å². The minimum absolute atomic E-state index is 0.434. The molecular formula is C22H27ClN6O. The number of fused-ring (bicyclic) bond motifs is 1. The van der Waals surface area contributed by atoms with Crippen molar-refractivity contribution in [3.8, 4) is 11.4 Å². The molecule has 2 aromatic heterocycles. The third kappa shape index (κ3) is 3.94. The Hall–Kier alpha value is -2.80. The first-order valence-corrected chi connectivity index (χ1v) is 10.6. The topological polar surface area (TPSA) is 68.1 Å². The normalized spacial score (nSPS) is 15.6. The average Bonchev–Trinajstić information content (AvgIpc) is 3.19. The molecule has 8 heteroatoms. The van der Waals surface area contributed by atoms with Gasteiger partial charge in [0.05, 0.1) is 18.5 Å². The highest BCUT2D eigenvalue weighted by atomic mass is 35.5. The molecule has 1 N–H and O–H groups in total. The Labute approximate surface area is 182 Å². The first kappa shape index (κ1) is 20.5. The smallest absolute Gasteiger partial charge is 0.229 e. The molecule has 0 radical (unpaired) electrons. The fraction of sp³-hybridized carbons (Fsp3) is 0.409. The monoisotopic (exact) mass is 426 g/mol. The molecule has 0 fully saturated rings. The zero-order chi connectivity index (χ0) is 21.3. The number of benzene rings is 1. The number of hydrogen-bond acceptors (Lipinski definition) is 6. The lowest BCUT2D eigenvalue weighted by molar-refractivity contribution is 0.413. The fourth-order valence-electron chi connectivity index (χ4n) is 3.91. The van der Waals surface area contributed by atoms with Gasteiger partial charge in [-0.1, -0.05) is 18.5 Å². The Kier molecular flexibility index (Phi) is 5.81. The van der Waals surface area contributed by atoms with E-state index in [1.54, 1.807) is 19.6 Å². The minimum atomic E-state index is 0.434. The van der Waals surface area contributed by atoms with Gasteiger partial charge in [0, 0.05) is 37.1 Å². The van der Waals surface area contributed by atoms with Gasteiger partial charge in [-0.05, 0) is 44.2 Å². The molecule has 30 heavy (non-hydrogen) atoms. The zero-order valence-corrected chi connectivity index (χ0v) is 18.6. The fourth-order valence-corrected chi connectivity index (χ4v) is 4.06. The number of methoxy groups -OCH3 is 1. The summed E-state index contributed by atoms with van der Waals surface area (Å²) >= 11 is 5.96. The molecule has 0 aliphatic heterocycles. The zero-order valence-electron chi connectivity index (χ0n) is 17.8. The summed E-state index contributed by atoms with van der Waals surface area (Å²) in [4.78, 5) is 16.0. The number of halogens is 1. The second kappa shape index (κ2) is 8.52. The second-order valence-electron chi connectivity index (χ2n) is 7.66. The van der Waals surface area contributed by atoms with Gasteiger partial charge in [0.2, 0.25) is 5.95 Å². The second-order valence-corrected chi connectivity index (χ2v) is 8.04. The van der Waals surface area contributed by atoms with E-state index in [0.29, 0.717) is 22.8 Å². The molecule has 1 aliphatic rings. The standard InChI is InChI=1S/C22H27ClN6O/c1-5-28(3)21-16-8-6-7-14(2)20(16)26-22(27-21)25-15-9-10-17(18(11-15)30-4)29-12-19(23)24-13-29/h9-14H,5-8H2,1-4H3,(H,25,26,27)/t14-/m0/s1. The van der Waals surface area contributed by atoms with Crippen molar-refractivity contribution >= 4 is 29.1 Å². The van der Waals surface area contributed by atoms with Gasteiger partial charge in [0.15, 0.2) is 0 Å². The quantitative estimate of drug-likeness (QED) is 0.600. The summed E-state index contributed by atoms with van der Waals surface area (Å²) in [5, 5.41) is 3.81. The van der Waals surface area contributed by atoms with Crippen LogP contribution in [-0.4, -0.2) is 40.2 Å². The molecule has 1 aliphatic carbocycles. The predicted molar refractivity (Wildman–Crippen MR) is 121 cm³/mol. The van der Waals surface area contributed by atoms with Gasteiger partial charge >= 0.3 is 0 Å². The highest BCUT2D eigenvalue weighted by molar-refractivity contribution is 6.29. The van der Waals surface area contributed by atoms with Crippen LogP contribution in [0.4, 0.5) is 17.5 Å². The Morgan fingerprint density at radius 3 is 2.87 bits per heavy atom. The van der Waals surface area contributed by atoms with Crippen molar-refractivity contribution < 1.29 is 4.74 Å². The summed E-state index contributed by atoms with van der Waals surface area (Å²) in [7, 11) is 3.73. The highest BCUT2D eigenvalue weighted by Gasteiger charge is 2.24. The van der Waals surface area contributed by atoms with Crippen LogP contribution in [0.15, 0.2) is 30.7 Å². The van der Waals surface area contributed by atoms with Crippen LogP contribution in [0.1, 0.15) is 43.9 Å². The van der Waals surface area contributed by atoms with E-state index >= 15 is 0 Å². The van der Waals surface area contributed by atoms with Gasteiger partial charge in [0.25, 0.3) is 0 Å². The van der Waals surface area contributed by atoms with E-state index in [1.807, 2.05) is 22.8 Å². The van der Waals surface area contributed by atoms with Gasteiger partial charge < -0.3 is 19.5 Å². The largest absolute Gasteiger partial charge is 0.494 e. The van der Waals surface area contributed by atoms with Crippen molar-refractivity contribution in [3.63, 3.8) is 0 Å². The lowest BCUT2D eigenvalue weighted by atomic mass is 9.88. The number of rotatable bonds is 6. The molecule has 0 spiro atoms. The van der Waals surface area contributed by atoms with E-state index in [9.17, 15) is 0 Å². The molecular weight excluding hydrogens is 400 g/mol. The van der Waals surface area contributed by atoms with Gasteiger partial charge in [-0.25, -0.2) is 9.97 Å². The summed E-state index contributed by atoms with van der Waals surface area (Å²) in [6, 6.07) is 5.86. The number of nitrogens with zero attached hydrogens (tertiary/aromatic N) is 5. The number of anilines is 3. The van der Waals surface area contributed by atoms with Crippen LogP contribution in [0.3, 0.4) is 0 Å². The average molecular weight is 427 g/mol. The number of imidazole rings is 1. The summed E-state index contributed by atoms with van der Waals surface area (Å²) in [5.41, 5.74) is 4.16. The van der Waals surface area contributed by atoms with E-state index in [0.717, 1.165) is 42.3 Å². The minimum Gasteiger partial charge on any atom is -0.494 e. The van der Waals surface area contributed by atoms with Crippen LogP contribution in [0.2, 0.25) is 5.15 Å². The summed E-state index contributed by atoms with van der Waals surface area (Å²) < 4.78 is 7.42. The van der Waals surface area contributed by atoms with Crippen LogP contribution in [-0.2, 0) is 6.42 Å². The molecule has 0 amide bonds. The van der Waals surface area contributed by atoms with Crippen molar-refractivity contribution in [2.24, 2.45) is 0 Å². The first-order valence-electron chi connectivity index (χ1n) is 10.3. The molecule has 0 unspecified atom stereocenters. The molecule has 0 saturated heterocycles. The number of ether oxygens (including phenoxy) is 1. The summed E-state index contributed by atoms with van der Waals surface area (Å²) in [6.45, 7) is 5.28. The molecule has 1 atom stereocenters. The van der Waals surface area contributed by atoms with Crippen LogP contribution < -0.4 is 15.0 Å². The van der Waals surface area contributed by atoms with Gasteiger partial charge in [-0.3, -0.25) is 0 Å². The van der Waals surface area contributed by atoms with Crippen molar-refractivity contribution in [1.29, 1.82) is 0 Å². The van der Waals surface area contributed by atoms with Crippen LogP contribution in [0.25, 0.3) is 5.69 Å². The number of aromatic nitrogens is 4. The third-order valence-electron chi connectivity index (χ3n) is 5.65. The number of nitrogens with one attached hydrogen (secondary N) is 1. The molecule has 3 aromatic rings. The van der Waals surface area contributed by atoms with Crippen molar-refractivity contribution in [2.45, 2.75) is 39.0 Å². The Balaban J connectivity index is 1.69. The maximum atomic E-state index is 5.96. The molecule has 1 aromatic carbocycles. The molecule has 2 heterocycles. The molecule has 158 valence electrons. The Morgan fingerprint density at radius 1 is 1.33 bits per heavy atom. The lowest BCUT2D eigenvalue weighted by Gasteiger charge is -2.27. The van der Waals surface area contributed by atoms with Gasteiger partial charge in [-0.2, -0.15) is 4.98 Å². The van der Waals surface area contributed by atoms with E-state index < -0.39 is 0 Å². The van der Waals surface area contributed by atoms with E-state index in [4.69, 9.17) is 26.3 Å². The third-order valence-corrected chi connectivity index (χ3v) is 5.84. The maximum absolute atomic E-state index is 5.96. The SMILES string of the molecule is CCN(C)c1nc(Nc2ccc(-n3cnc(Cl)c3)c(OC)c2)nc2c1CCC[C@@H]2C.